The summed E-state index contributed by atoms with van der Waals surface area (Å²) in [6.07, 6.45) is 3.72. The number of hydrogen-bond acceptors (Lipinski definition) is 5. The van der Waals surface area contributed by atoms with E-state index in [1.807, 2.05) is 30.3 Å². The summed E-state index contributed by atoms with van der Waals surface area (Å²) >= 11 is 0. The van der Waals surface area contributed by atoms with Crippen molar-refractivity contribution in [2.45, 2.75) is 38.3 Å². The van der Waals surface area contributed by atoms with E-state index in [1.165, 1.54) is 7.11 Å². The molecule has 0 bridgehead atoms. The Morgan fingerprint density at radius 1 is 1.21 bits per heavy atom. The van der Waals surface area contributed by atoms with Crippen LogP contribution in [0, 0.1) is 5.92 Å². The molecule has 1 saturated heterocycles. The normalized spacial score (nSPS) is 19.3. The van der Waals surface area contributed by atoms with Crippen LogP contribution in [0.3, 0.4) is 0 Å². The zero-order valence-corrected chi connectivity index (χ0v) is 16.0. The van der Waals surface area contributed by atoms with Crippen LogP contribution in [0.5, 0.6) is 5.88 Å². The number of amides is 2. The number of rotatable bonds is 6. The van der Waals surface area contributed by atoms with E-state index >= 15 is 0 Å². The number of nitrogens with zero attached hydrogens (tertiary/aromatic N) is 4. The lowest BCUT2D eigenvalue weighted by Crippen LogP contribution is -2.46. The van der Waals surface area contributed by atoms with Crippen LogP contribution in [-0.4, -0.2) is 57.9 Å². The van der Waals surface area contributed by atoms with Gasteiger partial charge >= 0.3 is 0 Å². The monoisotopic (exact) mass is 383 g/mol. The van der Waals surface area contributed by atoms with Crippen LogP contribution in [0.1, 0.15) is 41.7 Å². The van der Waals surface area contributed by atoms with Crippen molar-refractivity contribution >= 4 is 11.8 Å². The van der Waals surface area contributed by atoms with Gasteiger partial charge in [-0.2, -0.15) is 0 Å². The number of carbonyl (C=O) groups is 2. The number of nitrogens with one attached hydrogen (secondary N) is 1. The molecule has 1 atom stereocenters. The van der Waals surface area contributed by atoms with Crippen molar-refractivity contribution in [2.24, 2.45) is 5.92 Å². The fraction of sp³-hybridized carbons (Fsp3) is 0.500. The minimum absolute atomic E-state index is 0.0553. The van der Waals surface area contributed by atoms with Gasteiger partial charge in [-0.05, 0) is 31.2 Å². The molecule has 0 radical (unpaired) electrons. The minimum atomic E-state index is -0.236. The number of benzene rings is 1. The summed E-state index contributed by atoms with van der Waals surface area (Å²) < 4.78 is 7.03. The molecule has 4 rings (SSSR count). The Bertz CT molecular complexity index is 847. The highest BCUT2D eigenvalue weighted by Crippen LogP contribution is 2.25. The van der Waals surface area contributed by atoms with Crippen molar-refractivity contribution in [1.82, 2.24) is 25.2 Å². The Morgan fingerprint density at radius 2 is 2.00 bits per heavy atom. The molecule has 28 heavy (non-hydrogen) atoms. The van der Waals surface area contributed by atoms with Gasteiger partial charge in [0.05, 0.1) is 19.6 Å². The predicted molar refractivity (Wildman–Crippen MR) is 102 cm³/mol. The molecular weight excluding hydrogens is 358 g/mol. The fourth-order valence-electron chi connectivity index (χ4n) is 3.57. The second kappa shape index (κ2) is 8.00. The summed E-state index contributed by atoms with van der Waals surface area (Å²) in [5.41, 5.74) is 1.24. The summed E-state index contributed by atoms with van der Waals surface area (Å²) in [4.78, 5) is 27.1. The molecule has 2 aliphatic rings. The Morgan fingerprint density at radius 3 is 2.71 bits per heavy atom. The summed E-state index contributed by atoms with van der Waals surface area (Å²) in [5, 5.41) is 11.2. The molecule has 0 spiro atoms. The molecule has 2 heterocycles. The number of ether oxygens (including phenoxy) is 1. The van der Waals surface area contributed by atoms with Gasteiger partial charge in [0.25, 0.3) is 5.91 Å². The maximum absolute atomic E-state index is 13.0. The second-order valence-corrected chi connectivity index (χ2v) is 7.46. The molecule has 1 aromatic carbocycles. The molecular formula is C20H25N5O3. The van der Waals surface area contributed by atoms with E-state index in [0.717, 1.165) is 31.2 Å². The van der Waals surface area contributed by atoms with Crippen LogP contribution in [0.4, 0.5) is 0 Å². The van der Waals surface area contributed by atoms with Gasteiger partial charge in [-0.15, -0.1) is 5.10 Å². The summed E-state index contributed by atoms with van der Waals surface area (Å²) in [6, 6.07) is 10.1. The molecule has 8 nitrogen and oxygen atoms in total. The molecule has 0 unspecified atom stereocenters. The number of carbonyl (C=O) groups excluding carboxylic acids is 2. The van der Waals surface area contributed by atoms with E-state index in [0.29, 0.717) is 31.6 Å². The SMILES string of the molecule is COc1c(C(=O)N2CCC[C@H](C(=O)NC3CC3)C2)nnn1Cc1ccccc1. The Labute approximate surface area is 163 Å². The molecule has 1 aliphatic heterocycles. The van der Waals surface area contributed by atoms with Gasteiger partial charge in [-0.25, -0.2) is 4.68 Å². The quantitative estimate of drug-likeness (QED) is 0.816. The molecule has 1 aliphatic carbocycles. The number of piperidine rings is 1. The topological polar surface area (TPSA) is 89.3 Å². The van der Waals surface area contributed by atoms with Crippen molar-refractivity contribution < 1.29 is 14.3 Å². The first-order chi connectivity index (χ1) is 13.7. The number of aromatic nitrogens is 3. The molecule has 8 heteroatoms. The first-order valence-corrected chi connectivity index (χ1v) is 9.76. The third-order valence-corrected chi connectivity index (χ3v) is 5.26. The van der Waals surface area contributed by atoms with Crippen LogP contribution in [0.25, 0.3) is 0 Å². The Hall–Kier alpha value is -2.90. The second-order valence-electron chi connectivity index (χ2n) is 7.46. The predicted octanol–water partition coefficient (Wildman–Crippen LogP) is 1.47. The molecule has 2 amide bonds. The van der Waals surface area contributed by atoms with Gasteiger partial charge in [-0.3, -0.25) is 9.59 Å². The van der Waals surface area contributed by atoms with Crippen LogP contribution < -0.4 is 10.1 Å². The van der Waals surface area contributed by atoms with Crippen molar-refractivity contribution in [1.29, 1.82) is 0 Å². The number of methoxy groups -OCH3 is 1. The van der Waals surface area contributed by atoms with Crippen molar-refractivity contribution in [3.05, 3.63) is 41.6 Å². The molecule has 2 aromatic rings. The van der Waals surface area contributed by atoms with Crippen molar-refractivity contribution in [3.8, 4) is 5.88 Å². The number of likely N-dealkylation sites (tertiary alicyclic amines) is 1. The van der Waals surface area contributed by atoms with E-state index in [2.05, 4.69) is 15.6 Å². The van der Waals surface area contributed by atoms with Gasteiger partial charge in [0, 0.05) is 19.1 Å². The van der Waals surface area contributed by atoms with Crippen LogP contribution in [-0.2, 0) is 11.3 Å². The van der Waals surface area contributed by atoms with E-state index in [9.17, 15) is 9.59 Å². The largest absolute Gasteiger partial charge is 0.479 e. The van der Waals surface area contributed by atoms with Gasteiger partial charge in [0.2, 0.25) is 17.5 Å². The number of hydrogen-bond donors (Lipinski definition) is 1. The highest BCUT2D eigenvalue weighted by molar-refractivity contribution is 5.95. The minimum Gasteiger partial charge on any atom is -0.479 e. The summed E-state index contributed by atoms with van der Waals surface area (Å²) in [5.74, 6) is 0.00171. The van der Waals surface area contributed by atoms with Crippen LogP contribution in [0.2, 0.25) is 0 Å². The third-order valence-electron chi connectivity index (χ3n) is 5.26. The average Bonchev–Trinajstić information content (AvgIpc) is 3.46. The Kier molecular flexibility index (Phi) is 5.27. The van der Waals surface area contributed by atoms with E-state index in [-0.39, 0.29) is 23.4 Å². The third kappa shape index (κ3) is 4.00. The van der Waals surface area contributed by atoms with Crippen molar-refractivity contribution in [3.63, 3.8) is 0 Å². The lowest BCUT2D eigenvalue weighted by atomic mass is 9.97. The van der Waals surface area contributed by atoms with Crippen molar-refractivity contribution in [2.75, 3.05) is 20.2 Å². The zero-order chi connectivity index (χ0) is 19.5. The summed E-state index contributed by atoms with van der Waals surface area (Å²) in [6.45, 7) is 1.49. The lowest BCUT2D eigenvalue weighted by Gasteiger charge is -2.31. The van der Waals surface area contributed by atoms with Crippen LogP contribution in [0.15, 0.2) is 30.3 Å². The first-order valence-electron chi connectivity index (χ1n) is 9.76. The molecule has 2 fully saturated rings. The molecule has 1 N–H and O–H groups in total. The average molecular weight is 383 g/mol. The highest BCUT2D eigenvalue weighted by atomic mass is 16.5. The van der Waals surface area contributed by atoms with E-state index < -0.39 is 0 Å². The van der Waals surface area contributed by atoms with Gasteiger partial charge < -0.3 is 15.0 Å². The molecule has 148 valence electrons. The maximum Gasteiger partial charge on any atom is 0.280 e. The smallest absolute Gasteiger partial charge is 0.280 e. The van der Waals surface area contributed by atoms with Gasteiger partial charge in [0.15, 0.2) is 0 Å². The zero-order valence-electron chi connectivity index (χ0n) is 16.0. The fourth-order valence-corrected chi connectivity index (χ4v) is 3.57. The molecule has 1 aromatic heterocycles. The van der Waals surface area contributed by atoms with Gasteiger partial charge in [-0.1, -0.05) is 35.5 Å². The van der Waals surface area contributed by atoms with E-state index in [4.69, 9.17) is 4.74 Å². The highest BCUT2D eigenvalue weighted by Gasteiger charge is 2.34. The lowest BCUT2D eigenvalue weighted by molar-refractivity contribution is -0.126. The standard InChI is InChI=1S/C20H25N5O3/c1-28-20-17(22-23-25(20)12-14-6-3-2-4-7-14)19(27)24-11-5-8-15(13-24)18(26)21-16-9-10-16/h2-4,6-7,15-16H,5,8-13H2,1H3,(H,21,26)/t15-/m0/s1. The first kappa shape index (κ1) is 18.5. The van der Waals surface area contributed by atoms with E-state index in [1.54, 1.807) is 9.58 Å². The molecule has 1 saturated carbocycles. The maximum atomic E-state index is 13.0. The van der Waals surface area contributed by atoms with Crippen LogP contribution >= 0.6 is 0 Å². The summed E-state index contributed by atoms with van der Waals surface area (Å²) in [7, 11) is 1.51. The van der Waals surface area contributed by atoms with Gasteiger partial charge in [0.1, 0.15) is 0 Å². The Balaban J connectivity index is 1.47.